The molecule has 0 unspecified atom stereocenters. The first-order chi connectivity index (χ1) is 9.42. The summed E-state index contributed by atoms with van der Waals surface area (Å²) in [5.41, 5.74) is 0.525. The molecule has 0 heterocycles. The van der Waals surface area contributed by atoms with Crippen molar-refractivity contribution < 1.29 is 24.2 Å². The number of amides is 2. The maximum absolute atomic E-state index is 11.7. The number of urea groups is 1. The van der Waals surface area contributed by atoms with Crippen LogP contribution in [0.25, 0.3) is 0 Å². The average Bonchev–Trinajstić information content (AvgIpc) is 2.37. The number of carbonyl (C=O) groups excluding carboxylic acids is 2. The van der Waals surface area contributed by atoms with Crippen molar-refractivity contribution in [2.75, 3.05) is 12.4 Å². The fourth-order valence-electron chi connectivity index (χ4n) is 1.34. The van der Waals surface area contributed by atoms with Crippen molar-refractivity contribution in [3.8, 4) is 0 Å². The Hall–Kier alpha value is -1.84. The zero-order valence-corrected chi connectivity index (χ0v) is 12.7. The first-order valence-electron chi connectivity index (χ1n) is 5.55. The molecule has 0 spiro atoms. The molecule has 1 aromatic rings. The predicted molar refractivity (Wildman–Crippen MR) is 79.4 cm³/mol. The van der Waals surface area contributed by atoms with Gasteiger partial charge in [0.15, 0.2) is 0 Å². The minimum absolute atomic E-state index is 0.439. The van der Waals surface area contributed by atoms with E-state index in [2.05, 4.69) is 38.0 Å². The highest BCUT2D eigenvalue weighted by molar-refractivity contribution is 14.1. The van der Waals surface area contributed by atoms with Crippen LogP contribution < -0.4 is 10.6 Å². The maximum atomic E-state index is 11.7. The molecular formula is C12H13IN2O5. The number of esters is 1. The van der Waals surface area contributed by atoms with Gasteiger partial charge < -0.3 is 20.5 Å². The first kappa shape index (κ1) is 16.2. The van der Waals surface area contributed by atoms with Gasteiger partial charge in [0.25, 0.3) is 0 Å². The molecule has 3 N–H and O–H groups in total. The Balaban J connectivity index is 2.62. The molecule has 0 saturated carbocycles. The van der Waals surface area contributed by atoms with Crippen LogP contribution in [0.3, 0.4) is 0 Å². The van der Waals surface area contributed by atoms with Crippen LogP contribution in [0.15, 0.2) is 24.3 Å². The normalized spacial score (nSPS) is 11.3. The standard InChI is InChI=1S/C12H13IN2O5/c1-20-10(16)6-9(11(17)18)15-12(19)14-8-4-2-3-7(13)5-8/h2-5,9H,6H2,1H3,(H,17,18)(H2,14,15,19)/t9-/m0/s1. The molecule has 0 saturated heterocycles. The summed E-state index contributed by atoms with van der Waals surface area (Å²) in [7, 11) is 1.15. The van der Waals surface area contributed by atoms with Crippen LogP contribution in [0.4, 0.5) is 10.5 Å². The molecular weight excluding hydrogens is 379 g/mol. The molecule has 20 heavy (non-hydrogen) atoms. The predicted octanol–water partition coefficient (Wildman–Crippen LogP) is 1.43. The number of hydrogen-bond donors (Lipinski definition) is 3. The fourth-order valence-corrected chi connectivity index (χ4v) is 1.88. The van der Waals surface area contributed by atoms with E-state index in [1.807, 2.05) is 6.07 Å². The molecule has 8 heteroatoms. The van der Waals surface area contributed by atoms with Crippen LogP contribution in [-0.2, 0) is 14.3 Å². The van der Waals surface area contributed by atoms with E-state index in [1.165, 1.54) is 0 Å². The quantitative estimate of drug-likeness (QED) is 0.520. The van der Waals surface area contributed by atoms with Gasteiger partial charge >= 0.3 is 18.0 Å². The third-order valence-corrected chi connectivity index (χ3v) is 2.96. The number of hydrogen-bond acceptors (Lipinski definition) is 4. The Morgan fingerprint density at radius 1 is 1.40 bits per heavy atom. The SMILES string of the molecule is COC(=O)C[C@H](NC(=O)Nc1cccc(I)c1)C(=O)O. The van der Waals surface area contributed by atoms with Crippen LogP contribution in [0.2, 0.25) is 0 Å². The largest absolute Gasteiger partial charge is 0.480 e. The third-order valence-electron chi connectivity index (χ3n) is 2.28. The number of rotatable bonds is 5. The van der Waals surface area contributed by atoms with Gasteiger partial charge in [-0.25, -0.2) is 9.59 Å². The van der Waals surface area contributed by atoms with E-state index in [-0.39, 0.29) is 0 Å². The summed E-state index contributed by atoms with van der Waals surface area (Å²) in [5.74, 6) is -2.03. The van der Waals surface area contributed by atoms with Gasteiger partial charge in [-0.3, -0.25) is 4.79 Å². The number of nitrogens with one attached hydrogen (secondary N) is 2. The molecule has 1 rings (SSSR count). The number of carbonyl (C=O) groups is 3. The highest BCUT2D eigenvalue weighted by Gasteiger charge is 2.23. The molecule has 7 nitrogen and oxygen atoms in total. The van der Waals surface area contributed by atoms with Crippen LogP contribution >= 0.6 is 22.6 Å². The second-order valence-electron chi connectivity index (χ2n) is 3.78. The molecule has 0 bridgehead atoms. The minimum atomic E-state index is -1.34. The van der Waals surface area contributed by atoms with Crippen molar-refractivity contribution in [1.29, 1.82) is 0 Å². The van der Waals surface area contributed by atoms with E-state index in [4.69, 9.17) is 5.11 Å². The van der Waals surface area contributed by atoms with Crippen LogP contribution in [-0.4, -0.2) is 36.2 Å². The van der Waals surface area contributed by atoms with E-state index in [9.17, 15) is 14.4 Å². The second-order valence-corrected chi connectivity index (χ2v) is 5.03. The number of carboxylic acids is 1. The number of aliphatic carboxylic acids is 1. The van der Waals surface area contributed by atoms with Crippen molar-refractivity contribution in [3.63, 3.8) is 0 Å². The van der Waals surface area contributed by atoms with E-state index in [0.717, 1.165) is 10.7 Å². The molecule has 0 radical (unpaired) electrons. The number of carboxylic acid groups (broad SMARTS) is 1. The van der Waals surface area contributed by atoms with Gasteiger partial charge in [-0.15, -0.1) is 0 Å². The lowest BCUT2D eigenvalue weighted by Crippen LogP contribution is -2.44. The highest BCUT2D eigenvalue weighted by Crippen LogP contribution is 2.12. The van der Waals surface area contributed by atoms with E-state index in [1.54, 1.807) is 18.2 Å². The first-order valence-corrected chi connectivity index (χ1v) is 6.63. The van der Waals surface area contributed by atoms with Crippen molar-refractivity contribution >= 4 is 46.2 Å². The van der Waals surface area contributed by atoms with Crippen LogP contribution in [0.5, 0.6) is 0 Å². The molecule has 1 atom stereocenters. The van der Waals surface area contributed by atoms with Crippen molar-refractivity contribution in [2.24, 2.45) is 0 Å². The molecule has 0 aliphatic carbocycles. The summed E-state index contributed by atoms with van der Waals surface area (Å²) in [6, 6.07) is 4.93. The van der Waals surface area contributed by atoms with Crippen LogP contribution in [0, 0.1) is 3.57 Å². The smallest absolute Gasteiger partial charge is 0.326 e. The lowest BCUT2D eigenvalue weighted by Gasteiger charge is -2.14. The van der Waals surface area contributed by atoms with E-state index < -0.39 is 30.4 Å². The van der Waals surface area contributed by atoms with Gasteiger partial charge in [0.2, 0.25) is 0 Å². The average molecular weight is 392 g/mol. The highest BCUT2D eigenvalue weighted by atomic mass is 127. The minimum Gasteiger partial charge on any atom is -0.480 e. The Labute approximate surface area is 128 Å². The van der Waals surface area contributed by atoms with Gasteiger partial charge in [-0.2, -0.15) is 0 Å². The van der Waals surface area contributed by atoms with Crippen molar-refractivity contribution in [2.45, 2.75) is 12.5 Å². The summed E-state index contributed by atoms with van der Waals surface area (Å²) in [6.07, 6.45) is -0.439. The van der Waals surface area contributed by atoms with E-state index >= 15 is 0 Å². The Morgan fingerprint density at radius 2 is 2.10 bits per heavy atom. The summed E-state index contributed by atoms with van der Waals surface area (Å²) in [4.78, 5) is 33.7. The number of halogens is 1. The number of methoxy groups -OCH3 is 1. The maximum Gasteiger partial charge on any atom is 0.326 e. The Kier molecular flexibility index (Phi) is 6.22. The van der Waals surface area contributed by atoms with Gasteiger partial charge in [-0.05, 0) is 40.8 Å². The lowest BCUT2D eigenvalue weighted by molar-refractivity contribution is -0.147. The molecule has 0 aliphatic heterocycles. The molecule has 2 amide bonds. The van der Waals surface area contributed by atoms with Gasteiger partial charge in [0.1, 0.15) is 6.04 Å². The Bertz CT molecular complexity index is 520. The van der Waals surface area contributed by atoms with Gasteiger partial charge in [-0.1, -0.05) is 6.07 Å². The van der Waals surface area contributed by atoms with E-state index in [0.29, 0.717) is 5.69 Å². The van der Waals surface area contributed by atoms with Crippen LogP contribution in [0.1, 0.15) is 6.42 Å². The zero-order valence-electron chi connectivity index (χ0n) is 10.6. The molecule has 0 fully saturated rings. The third kappa shape index (κ3) is 5.43. The topological polar surface area (TPSA) is 105 Å². The summed E-state index contributed by atoms with van der Waals surface area (Å²) in [5, 5.41) is 13.6. The number of ether oxygens (including phenoxy) is 1. The summed E-state index contributed by atoms with van der Waals surface area (Å²) < 4.78 is 5.29. The fraction of sp³-hybridized carbons (Fsp3) is 0.250. The zero-order chi connectivity index (χ0) is 15.1. The molecule has 0 aliphatic rings. The lowest BCUT2D eigenvalue weighted by atomic mass is 10.2. The molecule has 0 aromatic heterocycles. The molecule has 1 aromatic carbocycles. The summed E-state index contributed by atoms with van der Waals surface area (Å²) in [6.45, 7) is 0. The second kappa shape index (κ2) is 7.68. The van der Waals surface area contributed by atoms with Crippen molar-refractivity contribution in [1.82, 2.24) is 5.32 Å². The molecule has 108 valence electrons. The van der Waals surface area contributed by atoms with Gasteiger partial charge in [0.05, 0.1) is 13.5 Å². The number of benzene rings is 1. The number of anilines is 1. The monoisotopic (exact) mass is 392 g/mol. The van der Waals surface area contributed by atoms with Gasteiger partial charge in [0, 0.05) is 9.26 Å². The van der Waals surface area contributed by atoms with Crippen molar-refractivity contribution in [3.05, 3.63) is 27.8 Å². The summed E-state index contributed by atoms with van der Waals surface area (Å²) >= 11 is 2.08. The Morgan fingerprint density at radius 3 is 2.65 bits per heavy atom.